The highest BCUT2D eigenvalue weighted by Gasteiger charge is 2.35. The summed E-state index contributed by atoms with van der Waals surface area (Å²) in [7, 11) is 0. The molecule has 1 aromatic carbocycles. The van der Waals surface area contributed by atoms with Gasteiger partial charge in [0, 0.05) is 9.13 Å². The molecule has 0 heterocycles. The van der Waals surface area contributed by atoms with E-state index in [1.54, 1.807) is 12.1 Å². The van der Waals surface area contributed by atoms with Crippen molar-refractivity contribution in [1.82, 2.24) is 0 Å². The minimum absolute atomic E-state index is 0.261. The first kappa shape index (κ1) is 11.3. The zero-order valence-electron chi connectivity index (χ0n) is 8.16. The maximum atomic E-state index is 13.5. The van der Waals surface area contributed by atoms with E-state index < -0.39 is 12.1 Å². The topological polar surface area (TPSA) is 46.2 Å². The molecule has 2 nitrogen and oxygen atoms in total. The van der Waals surface area contributed by atoms with Gasteiger partial charge in [-0.1, -0.05) is 0 Å². The molecule has 3 N–H and O–H groups in total. The van der Waals surface area contributed by atoms with Gasteiger partial charge in [0.25, 0.3) is 0 Å². The molecule has 1 aliphatic carbocycles. The zero-order valence-corrected chi connectivity index (χ0v) is 10.3. The third-order valence-electron chi connectivity index (χ3n) is 2.79. The molecule has 0 radical (unpaired) electrons. The Morgan fingerprint density at radius 2 is 2.13 bits per heavy atom. The molecule has 1 aliphatic rings. The van der Waals surface area contributed by atoms with Crippen LogP contribution in [-0.4, -0.2) is 11.2 Å². The predicted octanol–water partition coefficient (Wildman–Crippen LogP) is 2.20. The van der Waals surface area contributed by atoms with Gasteiger partial charge in [-0.25, -0.2) is 4.39 Å². The molecule has 1 aromatic rings. The Bertz CT molecular complexity index is 368. The quantitative estimate of drug-likeness (QED) is 0.839. The van der Waals surface area contributed by atoms with Crippen LogP contribution in [-0.2, 0) is 0 Å². The molecule has 2 rings (SSSR count). The minimum atomic E-state index is -0.613. The monoisotopic (exact) mass is 321 g/mol. The summed E-state index contributed by atoms with van der Waals surface area (Å²) >= 11 is 2.11. The zero-order chi connectivity index (χ0) is 11.0. The number of aliphatic hydroxyl groups excluding tert-OH is 1. The third-order valence-corrected chi connectivity index (χ3v) is 3.46. The second kappa shape index (κ2) is 4.35. The van der Waals surface area contributed by atoms with Crippen molar-refractivity contribution in [2.45, 2.75) is 25.0 Å². The lowest BCUT2D eigenvalue weighted by Gasteiger charge is -2.19. The SMILES string of the molecule is N[C@@H](c1cc(I)ccc1F)[C@H](O)C1CC1. The van der Waals surface area contributed by atoms with Gasteiger partial charge < -0.3 is 10.8 Å². The van der Waals surface area contributed by atoms with Gasteiger partial charge in [0.1, 0.15) is 5.82 Å². The predicted molar refractivity (Wildman–Crippen MR) is 64.8 cm³/mol. The van der Waals surface area contributed by atoms with Crippen LogP contribution in [0.4, 0.5) is 4.39 Å². The van der Waals surface area contributed by atoms with Gasteiger partial charge in [-0.15, -0.1) is 0 Å². The van der Waals surface area contributed by atoms with Crippen LogP contribution in [0.3, 0.4) is 0 Å². The highest BCUT2D eigenvalue weighted by atomic mass is 127. The normalized spacial score (nSPS) is 20.0. The molecule has 0 aromatic heterocycles. The van der Waals surface area contributed by atoms with Gasteiger partial charge in [0.2, 0.25) is 0 Å². The average molecular weight is 321 g/mol. The molecule has 4 heteroatoms. The van der Waals surface area contributed by atoms with Crippen LogP contribution in [0.15, 0.2) is 18.2 Å². The van der Waals surface area contributed by atoms with Crippen LogP contribution in [0.25, 0.3) is 0 Å². The Balaban J connectivity index is 2.23. The second-order valence-electron chi connectivity index (χ2n) is 4.02. The molecule has 0 spiro atoms. The summed E-state index contributed by atoms with van der Waals surface area (Å²) < 4.78 is 14.4. The van der Waals surface area contributed by atoms with E-state index in [0.717, 1.165) is 16.4 Å². The van der Waals surface area contributed by atoms with Crippen molar-refractivity contribution in [3.63, 3.8) is 0 Å². The van der Waals surface area contributed by atoms with Crippen molar-refractivity contribution in [3.8, 4) is 0 Å². The second-order valence-corrected chi connectivity index (χ2v) is 5.27. The summed E-state index contributed by atoms with van der Waals surface area (Å²) in [6.07, 6.45) is 1.39. The molecule has 0 unspecified atom stereocenters. The van der Waals surface area contributed by atoms with E-state index in [1.165, 1.54) is 6.07 Å². The van der Waals surface area contributed by atoms with Gasteiger partial charge in [-0.05, 0) is 59.5 Å². The van der Waals surface area contributed by atoms with Crippen molar-refractivity contribution < 1.29 is 9.50 Å². The van der Waals surface area contributed by atoms with Gasteiger partial charge >= 0.3 is 0 Å². The van der Waals surface area contributed by atoms with Crippen LogP contribution in [0.1, 0.15) is 24.4 Å². The highest BCUT2D eigenvalue weighted by Crippen LogP contribution is 2.37. The number of nitrogens with two attached hydrogens (primary N) is 1. The summed E-state index contributed by atoms with van der Waals surface area (Å²) in [6, 6.07) is 4.19. The Kier molecular flexibility index (Phi) is 3.27. The lowest BCUT2D eigenvalue weighted by Crippen LogP contribution is -2.28. The van der Waals surface area contributed by atoms with Gasteiger partial charge in [-0.3, -0.25) is 0 Å². The molecule has 0 amide bonds. The van der Waals surface area contributed by atoms with Crippen LogP contribution in [0.2, 0.25) is 0 Å². The molecule has 82 valence electrons. The van der Waals surface area contributed by atoms with Crippen molar-refractivity contribution in [2.24, 2.45) is 11.7 Å². The molecular weight excluding hydrogens is 308 g/mol. The third kappa shape index (κ3) is 2.49. The lowest BCUT2D eigenvalue weighted by molar-refractivity contribution is 0.121. The lowest BCUT2D eigenvalue weighted by atomic mass is 9.99. The van der Waals surface area contributed by atoms with E-state index in [-0.39, 0.29) is 11.7 Å². The van der Waals surface area contributed by atoms with Crippen LogP contribution in [0, 0.1) is 15.3 Å². The fraction of sp³-hybridized carbons (Fsp3) is 0.455. The van der Waals surface area contributed by atoms with Crippen molar-refractivity contribution >= 4 is 22.6 Å². The van der Waals surface area contributed by atoms with Gasteiger partial charge in [0.15, 0.2) is 0 Å². The van der Waals surface area contributed by atoms with E-state index in [4.69, 9.17) is 5.73 Å². The first-order valence-electron chi connectivity index (χ1n) is 4.98. The van der Waals surface area contributed by atoms with Crippen molar-refractivity contribution in [1.29, 1.82) is 0 Å². The van der Waals surface area contributed by atoms with Crippen molar-refractivity contribution in [2.75, 3.05) is 0 Å². The number of rotatable bonds is 3. The summed E-state index contributed by atoms with van der Waals surface area (Å²) in [4.78, 5) is 0. The van der Waals surface area contributed by atoms with Crippen molar-refractivity contribution in [3.05, 3.63) is 33.1 Å². The summed E-state index contributed by atoms with van der Waals surface area (Å²) in [5, 5.41) is 9.83. The number of hydrogen-bond donors (Lipinski definition) is 2. The molecule has 15 heavy (non-hydrogen) atoms. The maximum Gasteiger partial charge on any atom is 0.128 e. The molecule has 0 bridgehead atoms. The Hall–Kier alpha value is -0.200. The Morgan fingerprint density at radius 1 is 1.47 bits per heavy atom. The largest absolute Gasteiger partial charge is 0.391 e. The fourth-order valence-electron chi connectivity index (χ4n) is 1.68. The fourth-order valence-corrected chi connectivity index (χ4v) is 2.20. The number of benzene rings is 1. The average Bonchev–Trinajstić information content (AvgIpc) is 3.03. The Morgan fingerprint density at radius 3 is 2.73 bits per heavy atom. The molecule has 0 aliphatic heterocycles. The van der Waals surface area contributed by atoms with E-state index >= 15 is 0 Å². The first-order chi connectivity index (χ1) is 7.09. The summed E-state index contributed by atoms with van der Waals surface area (Å²) in [5.74, 6) is -0.0696. The van der Waals surface area contributed by atoms with E-state index in [2.05, 4.69) is 22.6 Å². The molecular formula is C11H13FINO. The van der Waals surface area contributed by atoms with E-state index in [9.17, 15) is 9.50 Å². The van der Waals surface area contributed by atoms with Gasteiger partial charge in [-0.2, -0.15) is 0 Å². The molecule has 1 saturated carbocycles. The number of hydrogen-bond acceptors (Lipinski definition) is 2. The number of aliphatic hydroxyl groups is 1. The summed E-state index contributed by atoms with van der Waals surface area (Å²) in [6.45, 7) is 0. The Labute approximate surface area is 102 Å². The van der Waals surface area contributed by atoms with E-state index in [1.807, 2.05) is 0 Å². The van der Waals surface area contributed by atoms with Crippen LogP contribution >= 0.6 is 22.6 Å². The standard InChI is InChI=1S/C11H13FINO/c12-9-4-3-7(13)5-8(9)10(14)11(15)6-1-2-6/h3-6,10-11,15H,1-2,14H2/t10-,11+/m0/s1. The van der Waals surface area contributed by atoms with E-state index in [0.29, 0.717) is 5.56 Å². The van der Waals surface area contributed by atoms with Crippen LogP contribution in [0.5, 0.6) is 0 Å². The molecule has 2 atom stereocenters. The minimum Gasteiger partial charge on any atom is -0.391 e. The maximum absolute atomic E-state index is 13.5. The molecule has 1 fully saturated rings. The highest BCUT2D eigenvalue weighted by molar-refractivity contribution is 14.1. The summed E-state index contributed by atoms with van der Waals surface area (Å²) in [5.41, 5.74) is 6.27. The first-order valence-corrected chi connectivity index (χ1v) is 6.06. The van der Waals surface area contributed by atoms with Gasteiger partial charge in [0.05, 0.1) is 12.1 Å². The van der Waals surface area contributed by atoms with Crippen LogP contribution < -0.4 is 5.73 Å². The molecule has 0 saturated heterocycles. The number of halogens is 2. The smallest absolute Gasteiger partial charge is 0.128 e.